The molecule has 0 fully saturated rings. The molecule has 0 radical (unpaired) electrons. The van der Waals surface area contributed by atoms with Crippen molar-refractivity contribution in [2.24, 2.45) is 0 Å². The Morgan fingerprint density at radius 3 is 3.22 bits per heavy atom. The highest BCUT2D eigenvalue weighted by atomic mass is 15.4. The monoisotopic (exact) mass is 238 g/mol. The van der Waals surface area contributed by atoms with Crippen LogP contribution in [0.25, 0.3) is 16.6 Å². The van der Waals surface area contributed by atoms with Crippen LogP contribution in [0.4, 0.5) is 0 Å². The maximum atomic E-state index is 8.53. The van der Waals surface area contributed by atoms with Gasteiger partial charge in [0, 0.05) is 18.2 Å². The van der Waals surface area contributed by atoms with E-state index < -0.39 is 0 Å². The molecule has 2 heterocycles. The minimum absolute atomic E-state index is 0.457. The Kier molecular flexibility index (Phi) is 2.50. The van der Waals surface area contributed by atoms with Crippen LogP contribution in [0.15, 0.2) is 30.6 Å². The van der Waals surface area contributed by atoms with Gasteiger partial charge in [-0.3, -0.25) is 5.10 Å². The summed E-state index contributed by atoms with van der Waals surface area (Å²) in [5, 5.41) is 24.6. The average molecular weight is 238 g/mol. The Bertz CT molecular complexity index is 717. The molecule has 1 N–H and O–H groups in total. The van der Waals surface area contributed by atoms with E-state index >= 15 is 0 Å². The number of benzene rings is 1. The van der Waals surface area contributed by atoms with Crippen molar-refractivity contribution in [3.63, 3.8) is 0 Å². The standard InChI is InChI=1S/C12H10N6/c13-5-1-2-10-8-18(17-15-10)11-4-3-9-7-14-16-12(9)6-11/h3-4,6-8H,1-2H2,(H,14,16). The van der Waals surface area contributed by atoms with Crippen LogP contribution >= 0.6 is 0 Å². The molecule has 6 heteroatoms. The average Bonchev–Trinajstić information content (AvgIpc) is 3.04. The molecule has 0 saturated carbocycles. The molecule has 0 saturated heterocycles. The molecule has 3 rings (SSSR count). The van der Waals surface area contributed by atoms with Gasteiger partial charge in [0.05, 0.1) is 35.4 Å². The van der Waals surface area contributed by atoms with Crippen molar-refractivity contribution in [1.29, 1.82) is 5.26 Å². The van der Waals surface area contributed by atoms with Crippen LogP contribution in [0.3, 0.4) is 0 Å². The number of hydrogen-bond donors (Lipinski definition) is 1. The molecule has 0 bridgehead atoms. The van der Waals surface area contributed by atoms with E-state index in [1.54, 1.807) is 10.9 Å². The van der Waals surface area contributed by atoms with Gasteiger partial charge in [0.15, 0.2) is 0 Å². The van der Waals surface area contributed by atoms with Crippen molar-refractivity contribution in [2.45, 2.75) is 12.8 Å². The predicted octanol–water partition coefficient (Wildman–Crippen LogP) is 1.60. The van der Waals surface area contributed by atoms with Crippen LogP contribution in [-0.2, 0) is 6.42 Å². The largest absolute Gasteiger partial charge is 0.278 e. The maximum absolute atomic E-state index is 8.53. The fourth-order valence-corrected chi connectivity index (χ4v) is 1.79. The Hall–Kier alpha value is -2.68. The topological polar surface area (TPSA) is 83.2 Å². The lowest BCUT2D eigenvalue weighted by atomic mass is 10.2. The smallest absolute Gasteiger partial charge is 0.0842 e. The predicted molar refractivity (Wildman–Crippen MR) is 64.9 cm³/mol. The lowest BCUT2D eigenvalue weighted by Crippen LogP contribution is -1.94. The molecule has 3 aromatic rings. The van der Waals surface area contributed by atoms with Crippen LogP contribution in [0.2, 0.25) is 0 Å². The second-order valence-electron chi connectivity index (χ2n) is 3.95. The van der Waals surface area contributed by atoms with Gasteiger partial charge in [0.1, 0.15) is 0 Å². The van der Waals surface area contributed by atoms with Crippen LogP contribution in [0.5, 0.6) is 0 Å². The van der Waals surface area contributed by atoms with Crippen molar-refractivity contribution in [1.82, 2.24) is 25.2 Å². The van der Waals surface area contributed by atoms with E-state index in [0.717, 1.165) is 22.3 Å². The van der Waals surface area contributed by atoms with Gasteiger partial charge in [-0.1, -0.05) is 5.21 Å². The normalized spacial score (nSPS) is 10.6. The van der Waals surface area contributed by atoms with Gasteiger partial charge in [-0.2, -0.15) is 10.4 Å². The summed E-state index contributed by atoms with van der Waals surface area (Å²) in [7, 11) is 0. The summed E-state index contributed by atoms with van der Waals surface area (Å²) in [5.74, 6) is 0. The molecule has 0 amide bonds. The molecular weight excluding hydrogens is 228 g/mol. The Labute approximate surface area is 103 Å². The quantitative estimate of drug-likeness (QED) is 0.751. The Balaban J connectivity index is 1.93. The van der Waals surface area contributed by atoms with E-state index in [1.165, 1.54) is 0 Å². The van der Waals surface area contributed by atoms with Gasteiger partial charge in [-0.05, 0) is 18.2 Å². The fraction of sp³-hybridized carbons (Fsp3) is 0.167. The maximum Gasteiger partial charge on any atom is 0.0842 e. The molecule has 0 atom stereocenters. The molecule has 0 aliphatic rings. The zero-order chi connectivity index (χ0) is 12.4. The summed E-state index contributed by atoms with van der Waals surface area (Å²) >= 11 is 0. The molecule has 0 spiro atoms. The molecule has 2 aromatic heterocycles. The van der Waals surface area contributed by atoms with Gasteiger partial charge >= 0.3 is 0 Å². The summed E-state index contributed by atoms with van der Waals surface area (Å²) in [4.78, 5) is 0. The minimum atomic E-state index is 0.457. The lowest BCUT2D eigenvalue weighted by molar-refractivity contribution is 0.796. The third kappa shape index (κ3) is 1.82. The van der Waals surface area contributed by atoms with Crippen LogP contribution in [0.1, 0.15) is 12.1 Å². The van der Waals surface area contributed by atoms with Crippen molar-refractivity contribution in [3.8, 4) is 11.8 Å². The lowest BCUT2D eigenvalue weighted by Gasteiger charge is -1.99. The highest BCUT2D eigenvalue weighted by molar-refractivity contribution is 5.79. The first-order chi connectivity index (χ1) is 8.86. The number of fused-ring (bicyclic) bond motifs is 1. The van der Waals surface area contributed by atoms with E-state index in [2.05, 4.69) is 26.6 Å². The van der Waals surface area contributed by atoms with Gasteiger partial charge in [-0.15, -0.1) is 5.10 Å². The summed E-state index contributed by atoms with van der Waals surface area (Å²) in [5.41, 5.74) is 2.70. The highest BCUT2D eigenvalue weighted by Gasteiger charge is 2.04. The van der Waals surface area contributed by atoms with Crippen molar-refractivity contribution in [3.05, 3.63) is 36.3 Å². The van der Waals surface area contributed by atoms with E-state index in [1.807, 2.05) is 24.4 Å². The number of rotatable bonds is 3. The number of aromatic amines is 1. The first-order valence-corrected chi connectivity index (χ1v) is 5.58. The van der Waals surface area contributed by atoms with E-state index in [4.69, 9.17) is 5.26 Å². The number of nitrogens with zero attached hydrogens (tertiary/aromatic N) is 5. The second-order valence-corrected chi connectivity index (χ2v) is 3.95. The minimum Gasteiger partial charge on any atom is -0.278 e. The summed E-state index contributed by atoms with van der Waals surface area (Å²) in [6.07, 6.45) is 4.70. The van der Waals surface area contributed by atoms with E-state index in [0.29, 0.717) is 12.8 Å². The van der Waals surface area contributed by atoms with E-state index in [9.17, 15) is 0 Å². The molecule has 1 aromatic carbocycles. The zero-order valence-electron chi connectivity index (χ0n) is 9.54. The molecule has 6 nitrogen and oxygen atoms in total. The molecule has 0 aliphatic carbocycles. The highest BCUT2D eigenvalue weighted by Crippen LogP contribution is 2.15. The molecule has 0 aliphatic heterocycles. The Morgan fingerprint density at radius 2 is 2.33 bits per heavy atom. The van der Waals surface area contributed by atoms with Crippen LogP contribution in [-0.4, -0.2) is 25.2 Å². The molecule has 0 unspecified atom stereocenters. The van der Waals surface area contributed by atoms with Crippen molar-refractivity contribution in [2.75, 3.05) is 0 Å². The number of nitriles is 1. The molecular formula is C12H10N6. The van der Waals surface area contributed by atoms with Gasteiger partial charge in [-0.25, -0.2) is 4.68 Å². The van der Waals surface area contributed by atoms with Gasteiger partial charge < -0.3 is 0 Å². The number of aromatic nitrogens is 5. The van der Waals surface area contributed by atoms with Gasteiger partial charge in [0.25, 0.3) is 0 Å². The third-order valence-electron chi connectivity index (χ3n) is 2.72. The number of aryl methyl sites for hydroxylation is 1. The number of hydrogen-bond acceptors (Lipinski definition) is 4. The first kappa shape index (κ1) is 10.5. The van der Waals surface area contributed by atoms with Crippen LogP contribution < -0.4 is 0 Å². The van der Waals surface area contributed by atoms with E-state index in [-0.39, 0.29) is 0 Å². The second kappa shape index (κ2) is 4.30. The Morgan fingerprint density at radius 1 is 1.39 bits per heavy atom. The summed E-state index contributed by atoms with van der Waals surface area (Å²) in [6, 6.07) is 7.99. The first-order valence-electron chi connectivity index (χ1n) is 5.58. The number of nitrogens with one attached hydrogen (secondary N) is 1. The van der Waals surface area contributed by atoms with Gasteiger partial charge in [0.2, 0.25) is 0 Å². The zero-order valence-corrected chi connectivity index (χ0v) is 9.54. The number of H-pyrrole nitrogens is 1. The van der Waals surface area contributed by atoms with Crippen molar-refractivity contribution < 1.29 is 0 Å². The molecule has 88 valence electrons. The summed E-state index contributed by atoms with van der Waals surface area (Å²) < 4.78 is 1.70. The molecule has 18 heavy (non-hydrogen) atoms. The SMILES string of the molecule is N#CCCc1cn(-c2ccc3cn[nH]c3c2)nn1. The fourth-order valence-electron chi connectivity index (χ4n) is 1.79. The third-order valence-corrected chi connectivity index (χ3v) is 2.72. The van der Waals surface area contributed by atoms with Crippen molar-refractivity contribution >= 4 is 10.9 Å². The summed E-state index contributed by atoms with van der Waals surface area (Å²) in [6.45, 7) is 0. The van der Waals surface area contributed by atoms with Crippen LogP contribution in [0, 0.1) is 11.3 Å².